The highest BCUT2D eigenvalue weighted by Crippen LogP contribution is 2.15. The van der Waals surface area contributed by atoms with Gasteiger partial charge < -0.3 is 15.2 Å². The van der Waals surface area contributed by atoms with Crippen molar-refractivity contribution < 1.29 is 14.6 Å². The molecule has 0 spiro atoms. The number of morpholine rings is 1. The lowest BCUT2D eigenvalue weighted by molar-refractivity contribution is -0.126. The number of ether oxygens (including phenoxy) is 1. The van der Waals surface area contributed by atoms with Crippen LogP contribution in [0.2, 0.25) is 0 Å². The van der Waals surface area contributed by atoms with E-state index in [1.165, 1.54) is 0 Å². The summed E-state index contributed by atoms with van der Waals surface area (Å²) in [4.78, 5) is 13.9. The van der Waals surface area contributed by atoms with Crippen LogP contribution in [0.1, 0.15) is 20.8 Å². The van der Waals surface area contributed by atoms with Crippen molar-refractivity contribution in [3.05, 3.63) is 0 Å². The Kier molecular flexibility index (Phi) is 5.73. The molecule has 19 heavy (non-hydrogen) atoms. The van der Waals surface area contributed by atoms with Gasteiger partial charge in [-0.2, -0.15) is 5.26 Å². The zero-order valence-electron chi connectivity index (χ0n) is 11.8. The number of nitrogens with zero attached hydrogens (tertiary/aromatic N) is 2. The highest BCUT2D eigenvalue weighted by Gasteiger charge is 2.31. The van der Waals surface area contributed by atoms with Crippen LogP contribution in [-0.2, 0) is 9.53 Å². The lowest BCUT2D eigenvalue weighted by Gasteiger charge is -2.33. The van der Waals surface area contributed by atoms with Gasteiger partial charge in [0.1, 0.15) is 5.54 Å². The average molecular weight is 269 g/mol. The first-order valence-corrected chi connectivity index (χ1v) is 6.58. The monoisotopic (exact) mass is 269 g/mol. The predicted molar refractivity (Wildman–Crippen MR) is 70.3 cm³/mol. The van der Waals surface area contributed by atoms with E-state index in [0.29, 0.717) is 19.7 Å². The summed E-state index contributed by atoms with van der Waals surface area (Å²) in [5.74, 6) is -0.132. The molecule has 2 atom stereocenters. The molecule has 1 heterocycles. The zero-order valence-corrected chi connectivity index (χ0v) is 11.8. The highest BCUT2D eigenvalue weighted by molar-refractivity contribution is 5.79. The first-order valence-electron chi connectivity index (χ1n) is 6.58. The Morgan fingerprint density at radius 2 is 2.37 bits per heavy atom. The molecule has 0 radical (unpaired) electrons. The number of carbonyl (C=O) groups is 1. The Balaban J connectivity index is 2.49. The molecule has 1 aliphatic rings. The topological polar surface area (TPSA) is 85.6 Å². The Labute approximate surface area is 114 Å². The van der Waals surface area contributed by atoms with Crippen LogP contribution in [0.5, 0.6) is 0 Å². The smallest absolute Gasteiger partial charge is 0.235 e. The second-order valence-electron chi connectivity index (χ2n) is 5.43. The van der Waals surface area contributed by atoms with Gasteiger partial charge in [0.15, 0.2) is 0 Å². The molecule has 1 aliphatic heterocycles. The molecule has 1 rings (SSSR count). The van der Waals surface area contributed by atoms with Gasteiger partial charge in [-0.1, -0.05) is 13.8 Å². The van der Waals surface area contributed by atoms with Crippen LogP contribution >= 0.6 is 0 Å². The van der Waals surface area contributed by atoms with Gasteiger partial charge >= 0.3 is 0 Å². The molecule has 0 aromatic carbocycles. The quantitative estimate of drug-likeness (QED) is 0.718. The molecule has 1 amide bonds. The Morgan fingerprint density at radius 3 is 2.89 bits per heavy atom. The Morgan fingerprint density at radius 1 is 1.68 bits per heavy atom. The first-order chi connectivity index (χ1) is 8.91. The van der Waals surface area contributed by atoms with Crippen molar-refractivity contribution in [1.29, 1.82) is 5.26 Å². The van der Waals surface area contributed by atoms with Gasteiger partial charge in [0.2, 0.25) is 5.91 Å². The molecule has 2 N–H and O–H groups in total. The van der Waals surface area contributed by atoms with Crippen molar-refractivity contribution >= 4 is 5.91 Å². The van der Waals surface area contributed by atoms with E-state index in [1.54, 1.807) is 6.92 Å². The summed E-state index contributed by atoms with van der Waals surface area (Å²) in [5.41, 5.74) is -0.847. The molecule has 6 nitrogen and oxygen atoms in total. The van der Waals surface area contributed by atoms with E-state index in [4.69, 9.17) is 15.1 Å². The van der Waals surface area contributed by atoms with Crippen LogP contribution in [0.25, 0.3) is 0 Å². The number of aliphatic hydroxyl groups is 1. The number of aliphatic hydroxyl groups excluding tert-OH is 1. The molecule has 108 valence electrons. The molecule has 0 aromatic heterocycles. The standard InChI is InChI=1S/C13H23N3O3/c1-10(2)13(3,9-14)15-12(18)7-16-4-5-19-11(6-16)8-17/h10-11,17H,4-8H2,1-3H3,(H,15,18). The molecular weight excluding hydrogens is 246 g/mol. The van der Waals surface area contributed by atoms with Gasteiger partial charge in [-0.05, 0) is 12.8 Å². The SMILES string of the molecule is CC(C)C(C)(C#N)NC(=O)CN1CCOC(CO)C1. The van der Waals surface area contributed by atoms with E-state index < -0.39 is 5.54 Å². The van der Waals surface area contributed by atoms with Gasteiger partial charge in [0.25, 0.3) is 0 Å². The van der Waals surface area contributed by atoms with E-state index in [1.807, 2.05) is 18.7 Å². The minimum Gasteiger partial charge on any atom is -0.394 e. The number of hydrogen-bond acceptors (Lipinski definition) is 5. The maximum atomic E-state index is 12.0. The molecular formula is C13H23N3O3. The third-order valence-electron chi connectivity index (χ3n) is 3.58. The van der Waals surface area contributed by atoms with E-state index in [-0.39, 0.29) is 31.1 Å². The van der Waals surface area contributed by atoms with Crippen LogP contribution in [0.15, 0.2) is 0 Å². The number of rotatable bonds is 5. The summed E-state index contributed by atoms with van der Waals surface area (Å²) >= 11 is 0. The van der Waals surface area contributed by atoms with Gasteiger partial charge in [0, 0.05) is 13.1 Å². The van der Waals surface area contributed by atoms with E-state index in [0.717, 1.165) is 0 Å². The third-order valence-corrected chi connectivity index (χ3v) is 3.58. The second-order valence-corrected chi connectivity index (χ2v) is 5.43. The lowest BCUT2D eigenvalue weighted by Crippen LogP contribution is -2.54. The van der Waals surface area contributed by atoms with Crippen LogP contribution in [0, 0.1) is 17.2 Å². The molecule has 0 saturated carbocycles. The largest absolute Gasteiger partial charge is 0.394 e. The van der Waals surface area contributed by atoms with Crippen molar-refractivity contribution in [1.82, 2.24) is 10.2 Å². The Bertz CT molecular complexity index is 354. The normalized spacial score (nSPS) is 23.7. The molecule has 0 aliphatic carbocycles. The summed E-state index contributed by atoms with van der Waals surface area (Å²) in [7, 11) is 0. The number of nitrogens with one attached hydrogen (secondary N) is 1. The van der Waals surface area contributed by atoms with Crippen molar-refractivity contribution in [3.63, 3.8) is 0 Å². The summed E-state index contributed by atoms with van der Waals surface area (Å²) in [6, 6.07) is 2.15. The average Bonchev–Trinajstić information content (AvgIpc) is 2.38. The Hall–Kier alpha value is -1.16. The fourth-order valence-corrected chi connectivity index (χ4v) is 1.87. The summed E-state index contributed by atoms with van der Waals surface area (Å²) < 4.78 is 5.32. The lowest BCUT2D eigenvalue weighted by atomic mass is 9.90. The van der Waals surface area contributed by atoms with Crippen LogP contribution in [0.3, 0.4) is 0 Å². The molecule has 2 unspecified atom stereocenters. The van der Waals surface area contributed by atoms with Gasteiger partial charge in [-0.15, -0.1) is 0 Å². The number of carbonyl (C=O) groups excluding carboxylic acids is 1. The molecule has 0 bridgehead atoms. The van der Waals surface area contributed by atoms with Crippen molar-refractivity contribution in [2.75, 3.05) is 32.8 Å². The number of nitriles is 1. The van der Waals surface area contributed by atoms with Gasteiger partial charge in [-0.3, -0.25) is 9.69 Å². The van der Waals surface area contributed by atoms with E-state index >= 15 is 0 Å². The van der Waals surface area contributed by atoms with Gasteiger partial charge in [0.05, 0.1) is 31.9 Å². The van der Waals surface area contributed by atoms with Crippen LogP contribution < -0.4 is 5.32 Å². The molecule has 1 saturated heterocycles. The van der Waals surface area contributed by atoms with Crippen LogP contribution in [0.4, 0.5) is 0 Å². The minimum absolute atomic E-state index is 0.0383. The summed E-state index contributed by atoms with van der Waals surface area (Å²) in [6.45, 7) is 7.43. The fraction of sp³-hybridized carbons (Fsp3) is 0.846. The van der Waals surface area contributed by atoms with Crippen LogP contribution in [-0.4, -0.2) is 60.4 Å². The maximum Gasteiger partial charge on any atom is 0.235 e. The van der Waals surface area contributed by atoms with E-state index in [2.05, 4.69) is 11.4 Å². The minimum atomic E-state index is -0.847. The molecule has 1 fully saturated rings. The van der Waals surface area contributed by atoms with Gasteiger partial charge in [-0.25, -0.2) is 0 Å². The highest BCUT2D eigenvalue weighted by atomic mass is 16.5. The third kappa shape index (κ3) is 4.46. The second kappa shape index (κ2) is 6.85. The predicted octanol–water partition coefficient (Wildman–Crippen LogP) is -0.266. The van der Waals surface area contributed by atoms with Crippen molar-refractivity contribution in [2.45, 2.75) is 32.4 Å². The van der Waals surface area contributed by atoms with Crippen molar-refractivity contribution in [2.24, 2.45) is 5.92 Å². The number of hydrogen-bond donors (Lipinski definition) is 2. The van der Waals surface area contributed by atoms with Crippen molar-refractivity contribution in [3.8, 4) is 6.07 Å². The van der Waals surface area contributed by atoms with E-state index in [9.17, 15) is 4.79 Å². The molecule has 0 aromatic rings. The maximum absolute atomic E-state index is 12.0. The summed E-state index contributed by atoms with van der Waals surface area (Å²) in [5, 5.41) is 21.0. The summed E-state index contributed by atoms with van der Waals surface area (Å²) in [6.07, 6.45) is -0.228. The molecule has 6 heteroatoms. The number of amides is 1. The fourth-order valence-electron chi connectivity index (χ4n) is 1.87. The zero-order chi connectivity index (χ0) is 14.5. The first kappa shape index (κ1) is 15.9.